The van der Waals surface area contributed by atoms with Gasteiger partial charge in [0.25, 0.3) is 0 Å². The summed E-state index contributed by atoms with van der Waals surface area (Å²) in [6.07, 6.45) is 0. The van der Waals surface area contributed by atoms with Gasteiger partial charge in [-0.2, -0.15) is 10.5 Å². The van der Waals surface area contributed by atoms with Gasteiger partial charge in [-0.05, 0) is 41.0 Å². The van der Waals surface area contributed by atoms with E-state index < -0.39 is 5.60 Å². The maximum atomic E-state index is 11.6. The van der Waals surface area contributed by atoms with Gasteiger partial charge >= 0.3 is 0 Å². The Labute approximate surface area is 139 Å². The van der Waals surface area contributed by atoms with Crippen LogP contribution >= 0.6 is 0 Å². The molecule has 0 amide bonds. The van der Waals surface area contributed by atoms with E-state index in [4.69, 9.17) is 0 Å². The third-order valence-electron chi connectivity index (χ3n) is 4.56. The van der Waals surface area contributed by atoms with Crippen LogP contribution in [0, 0.1) is 22.7 Å². The summed E-state index contributed by atoms with van der Waals surface area (Å²) in [5.41, 5.74) is 3.60. The number of hydrogen-bond acceptors (Lipinski definition) is 3. The second kappa shape index (κ2) is 5.06. The fourth-order valence-corrected chi connectivity index (χ4v) is 3.44. The van der Waals surface area contributed by atoms with Crippen molar-refractivity contribution in [1.29, 1.82) is 10.5 Å². The van der Waals surface area contributed by atoms with Gasteiger partial charge in [-0.15, -0.1) is 0 Å². The monoisotopic (exact) mass is 308 g/mol. The third-order valence-corrected chi connectivity index (χ3v) is 4.56. The van der Waals surface area contributed by atoms with Gasteiger partial charge in [0, 0.05) is 11.1 Å². The Morgan fingerprint density at radius 2 is 1.21 bits per heavy atom. The molecule has 0 spiro atoms. The van der Waals surface area contributed by atoms with Gasteiger partial charge in [-0.25, -0.2) is 0 Å². The Morgan fingerprint density at radius 1 is 0.708 bits per heavy atom. The van der Waals surface area contributed by atoms with Crippen LogP contribution in [0.1, 0.15) is 27.8 Å². The predicted octanol–water partition coefficient (Wildman–Crippen LogP) is 3.69. The van der Waals surface area contributed by atoms with Crippen molar-refractivity contribution in [2.75, 3.05) is 0 Å². The van der Waals surface area contributed by atoms with E-state index in [9.17, 15) is 15.6 Å². The highest BCUT2D eigenvalue weighted by molar-refractivity contribution is 5.83. The summed E-state index contributed by atoms with van der Waals surface area (Å²) in [7, 11) is 0. The molecule has 112 valence electrons. The van der Waals surface area contributed by atoms with Crippen molar-refractivity contribution in [2.24, 2.45) is 0 Å². The summed E-state index contributed by atoms with van der Waals surface area (Å²) < 4.78 is 0. The summed E-state index contributed by atoms with van der Waals surface area (Å²) >= 11 is 0. The van der Waals surface area contributed by atoms with E-state index in [0.29, 0.717) is 11.1 Å². The zero-order valence-corrected chi connectivity index (χ0v) is 12.7. The van der Waals surface area contributed by atoms with Crippen LogP contribution in [0.2, 0.25) is 0 Å². The summed E-state index contributed by atoms with van der Waals surface area (Å²) in [6, 6.07) is 24.3. The molecule has 3 aromatic rings. The fraction of sp³-hybridized carbons (Fsp3) is 0.0476. The van der Waals surface area contributed by atoms with Crippen LogP contribution in [0.5, 0.6) is 0 Å². The van der Waals surface area contributed by atoms with Gasteiger partial charge in [0.2, 0.25) is 0 Å². The standard InChI is InChI=1S/C21H12N2O/c22-12-14-6-8-19-17(10-14)18-11-15(13-23)7-9-20(18)21(19,24)16-4-2-1-3-5-16/h1-11,24H. The number of rotatable bonds is 1. The molecule has 3 heteroatoms. The van der Waals surface area contributed by atoms with Crippen LogP contribution in [0.4, 0.5) is 0 Å². The zero-order chi connectivity index (χ0) is 16.7. The molecule has 0 fully saturated rings. The molecule has 0 saturated heterocycles. The van der Waals surface area contributed by atoms with Gasteiger partial charge in [0.05, 0.1) is 23.3 Å². The summed E-state index contributed by atoms with van der Waals surface area (Å²) in [5.74, 6) is 0. The Balaban J connectivity index is 2.09. The summed E-state index contributed by atoms with van der Waals surface area (Å²) in [6.45, 7) is 0. The van der Waals surface area contributed by atoms with Crippen molar-refractivity contribution in [3.63, 3.8) is 0 Å². The van der Waals surface area contributed by atoms with Crippen LogP contribution < -0.4 is 0 Å². The fourth-order valence-electron chi connectivity index (χ4n) is 3.44. The molecule has 0 atom stereocenters. The van der Waals surface area contributed by atoms with E-state index in [0.717, 1.165) is 27.8 Å². The molecule has 0 radical (unpaired) electrons. The molecule has 3 nitrogen and oxygen atoms in total. The van der Waals surface area contributed by atoms with Gasteiger partial charge in [0.15, 0.2) is 0 Å². The van der Waals surface area contributed by atoms with Gasteiger partial charge in [-0.3, -0.25) is 0 Å². The Bertz CT molecular complexity index is 976. The van der Waals surface area contributed by atoms with Crippen LogP contribution in [-0.2, 0) is 5.60 Å². The molecule has 0 aromatic heterocycles. The van der Waals surface area contributed by atoms with E-state index in [-0.39, 0.29) is 0 Å². The Kier molecular flexibility index (Phi) is 3.00. The van der Waals surface area contributed by atoms with Gasteiger partial charge in [-0.1, -0.05) is 42.5 Å². The number of hydrogen-bond donors (Lipinski definition) is 1. The number of aliphatic hydroxyl groups is 1. The van der Waals surface area contributed by atoms with Crippen molar-refractivity contribution >= 4 is 0 Å². The maximum absolute atomic E-state index is 11.6. The highest BCUT2D eigenvalue weighted by Gasteiger charge is 2.43. The molecule has 0 saturated carbocycles. The quantitative estimate of drug-likeness (QED) is 0.745. The first kappa shape index (κ1) is 14.2. The van der Waals surface area contributed by atoms with Gasteiger partial charge < -0.3 is 5.11 Å². The first-order chi connectivity index (χ1) is 11.7. The molecular weight excluding hydrogens is 296 g/mol. The molecule has 1 N–H and O–H groups in total. The molecule has 4 rings (SSSR count). The van der Waals surface area contributed by atoms with Crippen LogP contribution in [0.25, 0.3) is 11.1 Å². The first-order valence-electron chi connectivity index (χ1n) is 7.56. The normalized spacial score (nSPS) is 13.5. The molecule has 3 aromatic carbocycles. The minimum atomic E-state index is -1.28. The number of fused-ring (bicyclic) bond motifs is 3. The summed E-state index contributed by atoms with van der Waals surface area (Å²) in [5, 5.41) is 30.0. The van der Waals surface area contributed by atoms with Crippen molar-refractivity contribution in [3.05, 3.63) is 94.5 Å². The van der Waals surface area contributed by atoms with E-state index >= 15 is 0 Å². The molecule has 24 heavy (non-hydrogen) atoms. The largest absolute Gasteiger partial charge is 0.376 e. The Morgan fingerprint density at radius 3 is 1.67 bits per heavy atom. The van der Waals surface area contributed by atoms with Crippen molar-refractivity contribution < 1.29 is 5.11 Å². The van der Waals surface area contributed by atoms with E-state index in [1.165, 1.54) is 0 Å². The molecule has 0 bridgehead atoms. The highest BCUT2D eigenvalue weighted by Crippen LogP contribution is 2.51. The van der Waals surface area contributed by atoms with Crippen LogP contribution in [0.15, 0.2) is 66.7 Å². The van der Waals surface area contributed by atoms with Crippen molar-refractivity contribution in [1.82, 2.24) is 0 Å². The average molecular weight is 308 g/mol. The average Bonchev–Trinajstić information content (AvgIpc) is 2.91. The van der Waals surface area contributed by atoms with Crippen LogP contribution in [0.3, 0.4) is 0 Å². The molecule has 1 aliphatic carbocycles. The molecular formula is C21H12N2O. The summed E-state index contributed by atoms with van der Waals surface area (Å²) in [4.78, 5) is 0. The van der Waals surface area contributed by atoms with Crippen LogP contribution in [-0.4, -0.2) is 5.11 Å². The zero-order valence-electron chi connectivity index (χ0n) is 12.7. The van der Waals surface area contributed by atoms with E-state index in [1.54, 1.807) is 36.4 Å². The minimum absolute atomic E-state index is 0.527. The number of benzene rings is 3. The number of nitrogens with zero attached hydrogens (tertiary/aromatic N) is 2. The SMILES string of the molecule is N#Cc1ccc2c(c1)-c1cc(C#N)ccc1C2(O)c1ccccc1. The van der Waals surface area contributed by atoms with Crippen molar-refractivity contribution in [2.45, 2.75) is 5.60 Å². The lowest BCUT2D eigenvalue weighted by atomic mass is 9.84. The molecule has 0 heterocycles. The second-order valence-electron chi connectivity index (χ2n) is 5.82. The molecule has 0 aliphatic heterocycles. The maximum Gasteiger partial charge on any atom is 0.141 e. The highest BCUT2D eigenvalue weighted by atomic mass is 16.3. The smallest absolute Gasteiger partial charge is 0.141 e. The lowest BCUT2D eigenvalue weighted by molar-refractivity contribution is 0.130. The van der Waals surface area contributed by atoms with Crippen molar-refractivity contribution in [3.8, 4) is 23.3 Å². The Hall–Kier alpha value is -3.40. The molecule has 1 aliphatic rings. The second-order valence-corrected chi connectivity index (χ2v) is 5.82. The lowest BCUT2D eigenvalue weighted by Crippen LogP contribution is -2.26. The first-order valence-corrected chi connectivity index (χ1v) is 7.56. The molecule has 0 unspecified atom stereocenters. The number of nitriles is 2. The minimum Gasteiger partial charge on any atom is -0.376 e. The van der Waals surface area contributed by atoms with E-state index in [2.05, 4.69) is 12.1 Å². The third kappa shape index (κ3) is 1.80. The van der Waals surface area contributed by atoms with E-state index in [1.807, 2.05) is 30.3 Å². The van der Waals surface area contributed by atoms with Gasteiger partial charge in [0.1, 0.15) is 5.60 Å². The topological polar surface area (TPSA) is 67.8 Å². The lowest BCUT2D eigenvalue weighted by Gasteiger charge is -2.26. The predicted molar refractivity (Wildman–Crippen MR) is 89.9 cm³/mol.